The monoisotopic (exact) mass is 476 g/mol. The van der Waals surface area contributed by atoms with Crippen molar-refractivity contribution in [2.45, 2.75) is 65.2 Å². The topological polar surface area (TPSA) is 52.0 Å². The molecule has 0 amide bonds. The van der Waals surface area contributed by atoms with E-state index in [9.17, 15) is 0 Å². The van der Waals surface area contributed by atoms with Crippen molar-refractivity contribution in [3.05, 3.63) is 129 Å². The normalized spacial score (nSPS) is 11.1. The van der Waals surface area contributed by atoms with Crippen LogP contribution in [-0.2, 0) is 38.5 Å². The Morgan fingerprint density at radius 1 is 0.444 bits per heavy atom. The van der Waals surface area contributed by atoms with Gasteiger partial charge in [0.2, 0.25) is 0 Å². The molecule has 0 bridgehead atoms. The lowest BCUT2D eigenvalue weighted by Crippen LogP contribution is -1.99. The fourth-order valence-corrected chi connectivity index (χ4v) is 5.04. The van der Waals surface area contributed by atoms with Crippen LogP contribution in [0.2, 0.25) is 0 Å². The molecular weight excluding hydrogens is 436 g/mol. The van der Waals surface area contributed by atoms with E-state index in [1.54, 1.807) is 0 Å². The van der Waals surface area contributed by atoms with E-state index >= 15 is 0 Å². The van der Waals surface area contributed by atoms with E-state index in [0.29, 0.717) is 0 Å². The highest BCUT2D eigenvalue weighted by Gasteiger charge is 2.07. The Morgan fingerprint density at radius 2 is 0.806 bits per heavy atom. The largest absolute Gasteiger partial charge is 0.399 e. The summed E-state index contributed by atoms with van der Waals surface area (Å²) < 4.78 is 0. The van der Waals surface area contributed by atoms with Gasteiger partial charge in [-0.05, 0) is 120 Å². The van der Waals surface area contributed by atoms with Gasteiger partial charge in [0.05, 0.1) is 0 Å². The molecule has 4 rings (SSSR count). The van der Waals surface area contributed by atoms with Crippen LogP contribution in [0.25, 0.3) is 0 Å². The minimum absolute atomic E-state index is 0.824. The van der Waals surface area contributed by atoms with Crippen LogP contribution in [0.5, 0.6) is 0 Å². The van der Waals surface area contributed by atoms with Crippen molar-refractivity contribution in [3.63, 3.8) is 0 Å². The van der Waals surface area contributed by atoms with Gasteiger partial charge in [-0.3, -0.25) is 0 Å². The maximum absolute atomic E-state index is 5.84. The molecule has 2 heteroatoms. The lowest BCUT2D eigenvalue weighted by Gasteiger charge is -2.12. The quantitative estimate of drug-likeness (QED) is 0.172. The standard InChI is InChI=1S/C34H40N2/c1-3-29-21-25(9-15-31(29)23-27-11-17-33(35)18-12-27)7-5-6-8-26-10-16-32(30(4-2)22-26)24-28-13-19-34(36)20-14-28/h9-22H,3-8,23-24,35-36H2,1-2H3. The average Bonchev–Trinajstić information content (AvgIpc) is 2.90. The van der Waals surface area contributed by atoms with Crippen molar-refractivity contribution in [1.29, 1.82) is 0 Å². The van der Waals surface area contributed by atoms with Crippen LogP contribution in [0.4, 0.5) is 11.4 Å². The number of hydrogen-bond donors (Lipinski definition) is 2. The molecule has 0 radical (unpaired) electrons. The van der Waals surface area contributed by atoms with Gasteiger partial charge in [-0.1, -0.05) is 74.5 Å². The first kappa shape index (κ1) is 25.6. The first-order valence-electron chi connectivity index (χ1n) is 13.4. The molecule has 0 heterocycles. The van der Waals surface area contributed by atoms with E-state index in [1.165, 1.54) is 57.3 Å². The molecule has 0 unspecified atom stereocenters. The average molecular weight is 477 g/mol. The molecule has 0 aliphatic heterocycles. The van der Waals surface area contributed by atoms with Crippen LogP contribution in [0.15, 0.2) is 84.9 Å². The summed E-state index contributed by atoms with van der Waals surface area (Å²) in [5, 5.41) is 0. The lowest BCUT2D eigenvalue weighted by atomic mass is 9.93. The maximum atomic E-state index is 5.84. The predicted molar refractivity (Wildman–Crippen MR) is 156 cm³/mol. The fraction of sp³-hybridized carbons (Fsp3) is 0.294. The molecule has 36 heavy (non-hydrogen) atoms. The SMILES string of the molecule is CCc1cc(CCCCc2ccc(Cc3ccc(N)cc3)c(CC)c2)ccc1Cc1ccc(N)cc1. The molecule has 4 N–H and O–H groups in total. The van der Waals surface area contributed by atoms with Crippen LogP contribution >= 0.6 is 0 Å². The first-order valence-corrected chi connectivity index (χ1v) is 13.4. The Hall–Kier alpha value is -3.52. The number of anilines is 2. The summed E-state index contributed by atoms with van der Waals surface area (Å²) in [4.78, 5) is 0. The highest BCUT2D eigenvalue weighted by atomic mass is 14.5. The zero-order valence-corrected chi connectivity index (χ0v) is 21.9. The Balaban J connectivity index is 1.30. The van der Waals surface area contributed by atoms with Crippen LogP contribution in [0, 0.1) is 0 Å². The van der Waals surface area contributed by atoms with Gasteiger partial charge in [0.1, 0.15) is 0 Å². The molecule has 2 nitrogen and oxygen atoms in total. The summed E-state index contributed by atoms with van der Waals surface area (Å²) in [6.45, 7) is 4.52. The Kier molecular flexibility index (Phi) is 8.84. The van der Waals surface area contributed by atoms with Gasteiger partial charge < -0.3 is 11.5 Å². The number of nitrogen functional groups attached to an aromatic ring is 2. The van der Waals surface area contributed by atoms with Crippen LogP contribution < -0.4 is 11.5 Å². The molecule has 0 spiro atoms. The van der Waals surface area contributed by atoms with E-state index < -0.39 is 0 Å². The number of nitrogens with two attached hydrogens (primary N) is 2. The van der Waals surface area contributed by atoms with E-state index in [4.69, 9.17) is 11.5 Å². The molecule has 0 fully saturated rings. The number of hydrogen-bond acceptors (Lipinski definition) is 2. The van der Waals surface area contributed by atoms with Gasteiger partial charge in [0, 0.05) is 11.4 Å². The molecule has 0 aromatic heterocycles. The molecule has 4 aromatic rings. The summed E-state index contributed by atoms with van der Waals surface area (Å²) >= 11 is 0. The van der Waals surface area contributed by atoms with Crippen molar-refractivity contribution in [2.75, 3.05) is 11.5 Å². The zero-order chi connectivity index (χ0) is 25.3. The van der Waals surface area contributed by atoms with E-state index in [-0.39, 0.29) is 0 Å². The number of benzene rings is 4. The summed E-state index contributed by atoms with van der Waals surface area (Å²) in [7, 11) is 0. The lowest BCUT2D eigenvalue weighted by molar-refractivity contribution is 0.732. The number of aryl methyl sites for hydroxylation is 4. The van der Waals surface area contributed by atoms with Crippen molar-refractivity contribution < 1.29 is 0 Å². The van der Waals surface area contributed by atoms with Gasteiger partial charge in [0.25, 0.3) is 0 Å². The number of unbranched alkanes of at least 4 members (excludes halogenated alkanes) is 1. The molecular formula is C34H40N2. The third-order valence-corrected chi connectivity index (χ3v) is 7.23. The van der Waals surface area contributed by atoms with Crippen molar-refractivity contribution in [1.82, 2.24) is 0 Å². The fourth-order valence-electron chi connectivity index (χ4n) is 5.04. The molecule has 4 aromatic carbocycles. The second kappa shape index (κ2) is 12.4. The Morgan fingerprint density at radius 3 is 1.17 bits per heavy atom. The minimum atomic E-state index is 0.824. The van der Waals surface area contributed by atoms with E-state index in [2.05, 4.69) is 74.5 Å². The molecule has 0 saturated carbocycles. The van der Waals surface area contributed by atoms with Gasteiger partial charge in [-0.25, -0.2) is 0 Å². The Bertz CT molecular complexity index is 1150. The van der Waals surface area contributed by atoms with Gasteiger partial charge in [-0.15, -0.1) is 0 Å². The summed E-state index contributed by atoms with van der Waals surface area (Å²) in [6, 6.07) is 30.7. The molecule has 0 aliphatic rings. The van der Waals surface area contributed by atoms with E-state index in [1.807, 2.05) is 24.3 Å². The highest BCUT2D eigenvalue weighted by Crippen LogP contribution is 2.21. The molecule has 186 valence electrons. The van der Waals surface area contributed by atoms with Crippen LogP contribution in [-0.4, -0.2) is 0 Å². The third kappa shape index (κ3) is 7.01. The van der Waals surface area contributed by atoms with Gasteiger partial charge >= 0.3 is 0 Å². The van der Waals surface area contributed by atoms with Crippen LogP contribution in [0.3, 0.4) is 0 Å². The molecule has 0 saturated heterocycles. The zero-order valence-electron chi connectivity index (χ0n) is 21.9. The molecule has 0 atom stereocenters. The van der Waals surface area contributed by atoms with Gasteiger partial charge in [-0.2, -0.15) is 0 Å². The number of rotatable bonds is 11. The summed E-state index contributed by atoms with van der Waals surface area (Å²) in [5.41, 5.74) is 24.7. The van der Waals surface area contributed by atoms with Crippen molar-refractivity contribution in [3.8, 4) is 0 Å². The summed E-state index contributed by atoms with van der Waals surface area (Å²) in [5.74, 6) is 0. The predicted octanol–water partition coefficient (Wildman–Crippen LogP) is 7.72. The summed E-state index contributed by atoms with van der Waals surface area (Å²) in [6.07, 6.45) is 8.80. The second-order valence-electron chi connectivity index (χ2n) is 9.96. The molecule has 0 aliphatic carbocycles. The first-order chi connectivity index (χ1) is 17.5. The smallest absolute Gasteiger partial charge is 0.0314 e. The van der Waals surface area contributed by atoms with Crippen molar-refractivity contribution in [2.24, 2.45) is 0 Å². The Labute approximate surface area is 217 Å². The van der Waals surface area contributed by atoms with Gasteiger partial charge in [0.15, 0.2) is 0 Å². The second-order valence-corrected chi connectivity index (χ2v) is 9.96. The third-order valence-electron chi connectivity index (χ3n) is 7.23. The van der Waals surface area contributed by atoms with E-state index in [0.717, 1.165) is 49.9 Å². The van der Waals surface area contributed by atoms with Crippen LogP contribution in [0.1, 0.15) is 71.2 Å². The maximum Gasteiger partial charge on any atom is 0.0314 e. The van der Waals surface area contributed by atoms with Crippen molar-refractivity contribution >= 4 is 11.4 Å². The highest BCUT2D eigenvalue weighted by molar-refractivity contribution is 5.43. The minimum Gasteiger partial charge on any atom is -0.399 e.